The van der Waals surface area contributed by atoms with Crippen molar-refractivity contribution in [2.75, 3.05) is 30.2 Å². The van der Waals surface area contributed by atoms with Gasteiger partial charge in [0.1, 0.15) is 5.75 Å². The largest absolute Gasteiger partial charge is 0.478 e. The third-order valence-corrected chi connectivity index (χ3v) is 7.90. The Morgan fingerprint density at radius 3 is 2.56 bits per heavy atom. The van der Waals surface area contributed by atoms with Gasteiger partial charge in [-0.1, -0.05) is 42.8 Å². The van der Waals surface area contributed by atoms with E-state index in [9.17, 15) is 13.2 Å². The minimum atomic E-state index is -3.55. The molecule has 1 atom stereocenters. The van der Waals surface area contributed by atoms with Crippen LogP contribution in [-0.4, -0.2) is 51.2 Å². The summed E-state index contributed by atoms with van der Waals surface area (Å²) in [7, 11) is -3.55. The zero-order valence-corrected chi connectivity index (χ0v) is 21.2. The van der Waals surface area contributed by atoms with Gasteiger partial charge in [0, 0.05) is 31.1 Å². The third kappa shape index (κ3) is 6.23. The van der Waals surface area contributed by atoms with Crippen molar-refractivity contribution in [2.24, 2.45) is 5.92 Å². The molecule has 0 aromatic heterocycles. The molecule has 4 rings (SSSR count). The fourth-order valence-corrected chi connectivity index (χ4v) is 5.60. The van der Waals surface area contributed by atoms with Gasteiger partial charge in [-0.3, -0.25) is 14.0 Å². The van der Waals surface area contributed by atoms with Crippen molar-refractivity contribution >= 4 is 33.2 Å². The highest BCUT2D eigenvalue weighted by atomic mass is 35.5. The number of ether oxygens (including phenoxy) is 1. The number of carbonyl (C=O) groups excluding carboxylic acids is 1. The molecule has 1 unspecified atom stereocenters. The molecular weight excluding hydrogens is 474 g/mol. The molecule has 1 saturated heterocycles. The number of fused-ring (bicyclic) bond motifs is 1. The first-order valence-electron chi connectivity index (χ1n) is 11.7. The number of nitrogens with one attached hydrogen (secondary N) is 1. The average Bonchev–Trinajstić information content (AvgIpc) is 2.99. The minimum Gasteiger partial charge on any atom is -0.478 e. The molecule has 0 saturated carbocycles. The van der Waals surface area contributed by atoms with Crippen molar-refractivity contribution in [2.45, 2.75) is 45.4 Å². The first kappa shape index (κ1) is 24.8. The normalized spacial score (nSPS) is 19.7. The van der Waals surface area contributed by atoms with Gasteiger partial charge in [-0.2, -0.15) is 0 Å². The van der Waals surface area contributed by atoms with E-state index in [0.717, 1.165) is 37.4 Å². The highest BCUT2D eigenvalue weighted by molar-refractivity contribution is 7.92. The van der Waals surface area contributed by atoms with E-state index in [1.807, 2.05) is 12.1 Å². The van der Waals surface area contributed by atoms with E-state index in [4.69, 9.17) is 16.3 Å². The van der Waals surface area contributed by atoms with Crippen molar-refractivity contribution in [1.29, 1.82) is 0 Å². The second-order valence-corrected chi connectivity index (χ2v) is 11.7. The molecule has 2 aliphatic heterocycles. The maximum atomic E-state index is 13.0. The number of hydrogen-bond acceptors (Lipinski definition) is 5. The summed E-state index contributed by atoms with van der Waals surface area (Å²) in [6.07, 6.45) is 3.05. The molecular formula is C25H32ClN3O4S. The van der Waals surface area contributed by atoms with Crippen LogP contribution in [0.4, 0.5) is 5.69 Å². The van der Waals surface area contributed by atoms with Crippen molar-refractivity contribution in [3.05, 3.63) is 58.6 Å². The molecule has 1 fully saturated rings. The zero-order valence-electron chi connectivity index (χ0n) is 19.7. The van der Waals surface area contributed by atoms with Crippen LogP contribution in [0.15, 0.2) is 42.5 Å². The third-order valence-electron chi connectivity index (χ3n) is 6.49. The Labute approximate surface area is 207 Å². The predicted octanol–water partition coefficient (Wildman–Crippen LogP) is 3.81. The second kappa shape index (κ2) is 10.5. The van der Waals surface area contributed by atoms with Gasteiger partial charge in [-0.25, -0.2) is 8.42 Å². The standard InChI is InChI=1S/C25H32ClN3O4S/c1-18-8-11-28(12-9-18)17-20-5-3-4-19(14-20)16-27-25(30)24-10-13-29(34(2,31)32)22-15-21(26)6-7-23(22)33-24/h3-7,14-15,18,24H,8-13,16-17H2,1-2H3,(H,27,30). The summed E-state index contributed by atoms with van der Waals surface area (Å²) in [5.41, 5.74) is 2.61. The number of amides is 1. The Balaban J connectivity index is 1.39. The van der Waals surface area contributed by atoms with E-state index in [0.29, 0.717) is 23.0 Å². The fraction of sp³-hybridized carbons (Fsp3) is 0.480. The molecule has 9 heteroatoms. The summed E-state index contributed by atoms with van der Waals surface area (Å²) >= 11 is 6.08. The van der Waals surface area contributed by atoms with Crippen LogP contribution in [0.25, 0.3) is 0 Å². The summed E-state index contributed by atoms with van der Waals surface area (Å²) in [5, 5.41) is 3.36. The molecule has 0 radical (unpaired) electrons. The van der Waals surface area contributed by atoms with Gasteiger partial charge in [0.05, 0.1) is 11.9 Å². The lowest BCUT2D eigenvalue weighted by atomic mass is 9.98. The highest BCUT2D eigenvalue weighted by Crippen LogP contribution is 2.36. The number of hydrogen-bond donors (Lipinski definition) is 1. The van der Waals surface area contributed by atoms with Crippen LogP contribution in [0.2, 0.25) is 5.02 Å². The van der Waals surface area contributed by atoms with E-state index in [-0.39, 0.29) is 18.9 Å². The van der Waals surface area contributed by atoms with Gasteiger partial charge in [-0.15, -0.1) is 0 Å². The lowest BCUT2D eigenvalue weighted by molar-refractivity contribution is -0.128. The molecule has 2 aromatic carbocycles. The number of carbonyl (C=O) groups is 1. The molecule has 1 amide bonds. The number of benzene rings is 2. The first-order valence-corrected chi connectivity index (χ1v) is 13.9. The Morgan fingerprint density at radius 1 is 1.09 bits per heavy atom. The van der Waals surface area contributed by atoms with E-state index >= 15 is 0 Å². The molecule has 7 nitrogen and oxygen atoms in total. The van der Waals surface area contributed by atoms with Crippen LogP contribution < -0.4 is 14.4 Å². The van der Waals surface area contributed by atoms with Crippen LogP contribution >= 0.6 is 11.6 Å². The molecule has 2 heterocycles. The maximum Gasteiger partial charge on any atom is 0.261 e. The van der Waals surface area contributed by atoms with Crippen molar-refractivity contribution in [3.8, 4) is 5.75 Å². The minimum absolute atomic E-state index is 0.133. The van der Waals surface area contributed by atoms with Crippen LogP contribution in [0.5, 0.6) is 5.75 Å². The van der Waals surface area contributed by atoms with Gasteiger partial charge >= 0.3 is 0 Å². The van der Waals surface area contributed by atoms with Crippen LogP contribution in [-0.2, 0) is 27.9 Å². The summed E-state index contributed by atoms with van der Waals surface area (Å²) in [6, 6.07) is 13.1. The average molecular weight is 506 g/mol. The quantitative estimate of drug-likeness (QED) is 0.646. The number of rotatable bonds is 6. The molecule has 0 spiro atoms. The molecule has 0 bridgehead atoms. The predicted molar refractivity (Wildman–Crippen MR) is 135 cm³/mol. The van der Waals surface area contributed by atoms with E-state index in [1.54, 1.807) is 18.2 Å². The Hall–Kier alpha value is -2.29. The molecule has 34 heavy (non-hydrogen) atoms. The SMILES string of the molecule is CC1CCN(Cc2cccc(CNC(=O)C3CCN(S(C)(=O)=O)c4cc(Cl)ccc4O3)c2)CC1. The highest BCUT2D eigenvalue weighted by Gasteiger charge is 2.31. The van der Waals surface area contributed by atoms with Gasteiger partial charge in [0.2, 0.25) is 10.0 Å². The molecule has 1 N–H and O–H groups in total. The number of halogens is 1. The monoisotopic (exact) mass is 505 g/mol. The molecule has 2 aliphatic rings. The number of nitrogens with zero attached hydrogens (tertiary/aromatic N) is 2. The van der Waals surface area contributed by atoms with Gasteiger partial charge in [0.15, 0.2) is 6.10 Å². The van der Waals surface area contributed by atoms with Crippen LogP contribution in [0.1, 0.15) is 37.3 Å². The zero-order chi connectivity index (χ0) is 24.3. The fourth-order valence-electron chi connectivity index (χ4n) is 4.50. The number of piperidine rings is 1. The number of likely N-dealkylation sites (tertiary alicyclic amines) is 1. The van der Waals surface area contributed by atoms with Crippen LogP contribution in [0.3, 0.4) is 0 Å². The summed E-state index contributed by atoms with van der Waals surface area (Å²) in [5.74, 6) is 0.856. The second-order valence-electron chi connectivity index (χ2n) is 9.34. The lowest BCUT2D eigenvalue weighted by Crippen LogP contribution is -2.39. The van der Waals surface area contributed by atoms with Crippen molar-refractivity contribution < 1.29 is 17.9 Å². The molecule has 2 aromatic rings. The lowest BCUT2D eigenvalue weighted by Gasteiger charge is -2.30. The van der Waals surface area contributed by atoms with Crippen LogP contribution in [0, 0.1) is 5.92 Å². The maximum absolute atomic E-state index is 13.0. The van der Waals surface area contributed by atoms with E-state index in [1.165, 1.54) is 22.7 Å². The van der Waals surface area contributed by atoms with Crippen molar-refractivity contribution in [3.63, 3.8) is 0 Å². The molecule has 184 valence electrons. The summed E-state index contributed by atoms with van der Waals surface area (Å²) in [6.45, 7) is 5.99. The smallest absolute Gasteiger partial charge is 0.261 e. The van der Waals surface area contributed by atoms with Crippen molar-refractivity contribution in [1.82, 2.24) is 10.2 Å². The van der Waals surface area contributed by atoms with Gasteiger partial charge < -0.3 is 10.1 Å². The topological polar surface area (TPSA) is 79.0 Å². The van der Waals surface area contributed by atoms with Gasteiger partial charge in [0.25, 0.3) is 5.91 Å². The Kier molecular flexibility index (Phi) is 7.70. The molecule has 0 aliphatic carbocycles. The van der Waals surface area contributed by atoms with E-state index in [2.05, 4.69) is 29.3 Å². The number of sulfonamides is 1. The summed E-state index contributed by atoms with van der Waals surface area (Å²) < 4.78 is 31.8. The Bertz CT molecular complexity index is 1130. The van der Waals surface area contributed by atoms with Gasteiger partial charge in [-0.05, 0) is 61.2 Å². The summed E-state index contributed by atoms with van der Waals surface area (Å²) in [4.78, 5) is 15.4. The Morgan fingerprint density at radius 2 is 1.82 bits per heavy atom. The van der Waals surface area contributed by atoms with E-state index < -0.39 is 16.1 Å². The first-order chi connectivity index (χ1) is 16.2. The number of anilines is 1.